The van der Waals surface area contributed by atoms with Gasteiger partial charge in [-0.2, -0.15) is 0 Å². The molecule has 30 heavy (non-hydrogen) atoms. The largest absolute Gasteiger partial charge is 0.356 e. The molecule has 7 heteroatoms. The van der Waals surface area contributed by atoms with Crippen LogP contribution in [0.3, 0.4) is 0 Å². The Labute approximate surface area is 176 Å². The van der Waals surface area contributed by atoms with E-state index in [0.29, 0.717) is 19.0 Å². The van der Waals surface area contributed by atoms with Gasteiger partial charge in [0.25, 0.3) is 5.91 Å². The van der Waals surface area contributed by atoms with E-state index in [-0.39, 0.29) is 29.0 Å². The molecule has 1 aromatic heterocycles. The first-order valence-electron chi connectivity index (χ1n) is 10.7. The lowest BCUT2D eigenvalue weighted by Crippen LogP contribution is -2.64. The molecule has 7 nitrogen and oxygen atoms in total. The van der Waals surface area contributed by atoms with Crippen molar-refractivity contribution in [1.29, 1.82) is 0 Å². The predicted octanol–water partition coefficient (Wildman–Crippen LogP) is 1.58. The zero-order chi connectivity index (χ0) is 20.6. The molecule has 1 atom stereocenters. The van der Waals surface area contributed by atoms with Crippen molar-refractivity contribution in [2.24, 2.45) is 17.3 Å². The van der Waals surface area contributed by atoms with Crippen molar-refractivity contribution in [3.63, 3.8) is 0 Å². The fourth-order valence-corrected chi connectivity index (χ4v) is 4.81. The molecule has 156 valence electrons. The predicted molar refractivity (Wildman–Crippen MR) is 111 cm³/mol. The highest BCUT2D eigenvalue weighted by Gasteiger charge is 2.58. The highest BCUT2D eigenvalue weighted by Crippen LogP contribution is 2.45. The number of amides is 2. The summed E-state index contributed by atoms with van der Waals surface area (Å²) in [5.74, 6) is 0.767. The van der Waals surface area contributed by atoms with Crippen LogP contribution in [0.25, 0.3) is 0 Å². The molecule has 0 bridgehead atoms. The number of aromatic nitrogens is 2. The maximum absolute atomic E-state index is 13.1. The molecule has 1 saturated carbocycles. The Morgan fingerprint density at radius 2 is 1.77 bits per heavy atom. The third-order valence-corrected chi connectivity index (χ3v) is 6.60. The third-order valence-electron chi connectivity index (χ3n) is 6.60. The molecule has 3 heterocycles. The maximum atomic E-state index is 13.1. The molecule has 1 unspecified atom stereocenters. The fourth-order valence-electron chi connectivity index (χ4n) is 4.81. The summed E-state index contributed by atoms with van der Waals surface area (Å²) in [6.07, 6.45) is 5.60. The van der Waals surface area contributed by atoms with Gasteiger partial charge in [0.2, 0.25) is 11.7 Å². The average Bonchev–Trinajstić information content (AvgIpc) is 3.51. The lowest BCUT2D eigenvalue weighted by atomic mass is 9.71. The minimum atomic E-state index is -0.188. The Morgan fingerprint density at radius 1 is 1.03 bits per heavy atom. The van der Waals surface area contributed by atoms with Crippen LogP contribution in [0, 0.1) is 17.3 Å². The standard InChI is InChI=1S/C23H27N5O2/c29-21(26-11-17-7-8-17)19-13-27(12-18-5-2-1-3-6-18)14-23(19)15-28(16-23)22(30)20-24-9-4-10-25-20/h1-6,9-10,17,19H,7-8,11-16H2,(H,26,29). The van der Waals surface area contributed by atoms with E-state index in [1.807, 2.05) is 18.2 Å². The lowest BCUT2D eigenvalue weighted by molar-refractivity contribution is -0.131. The number of likely N-dealkylation sites (tertiary alicyclic amines) is 2. The molecule has 2 aromatic rings. The summed E-state index contributed by atoms with van der Waals surface area (Å²) in [6.45, 7) is 4.32. The van der Waals surface area contributed by atoms with Gasteiger partial charge in [0.05, 0.1) is 5.92 Å². The number of benzene rings is 1. The molecular weight excluding hydrogens is 378 g/mol. The van der Waals surface area contributed by atoms with Gasteiger partial charge in [0.15, 0.2) is 0 Å². The monoisotopic (exact) mass is 405 g/mol. The summed E-state index contributed by atoms with van der Waals surface area (Å²) in [5.41, 5.74) is 1.06. The first-order valence-corrected chi connectivity index (χ1v) is 10.7. The number of carbonyl (C=O) groups is 2. The number of hydrogen-bond acceptors (Lipinski definition) is 5. The van der Waals surface area contributed by atoms with Gasteiger partial charge in [0, 0.05) is 57.1 Å². The van der Waals surface area contributed by atoms with E-state index < -0.39 is 0 Å². The van der Waals surface area contributed by atoms with Gasteiger partial charge in [-0.3, -0.25) is 14.5 Å². The quantitative estimate of drug-likeness (QED) is 0.790. The van der Waals surface area contributed by atoms with E-state index in [2.05, 4.69) is 32.3 Å². The smallest absolute Gasteiger partial charge is 0.291 e. The van der Waals surface area contributed by atoms with Crippen LogP contribution >= 0.6 is 0 Å². The summed E-state index contributed by atoms with van der Waals surface area (Å²) < 4.78 is 0. The van der Waals surface area contributed by atoms with Crippen molar-refractivity contribution in [3.8, 4) is 0 Å². The van der Waals surface area contributed by atoms with Crippen LogP contribution in [0.15, 0.2) is 48.8 Å². The highest BCUT2D eigenvalue weighted by atomic mass is 16.2. The fraction of sp³-hybridized carbons (Fsp3) is 0.478. The Hall–Kier alpha value is -2.80. The zero-order valence-corrected chi connectivity index (χ0v) is 17.0. The Kier molecular flexibility index (Phi) is 4.98. The lowest BCUT2D eigenvalue weighted by Gasteiger charge is -2.50. The molecule has 1 aromatic carbocycles. The Bertz CT molecular complexity index is 910. The van der Waals surface area contributed by atoms with Crippen LogP contribution in [0.2, 0.25) is 0 Å². The van der Waals surface area contributed by atoms with E-state index in [1.165, 1.54) is 18.4 Å². The molecule has 5 rings (SSSR count). The van der Waals surface area contributed by atoms with Crippen LogP contribution in [-0.4, -0.2) is 64.3 Å². The molecule has 2 saturated heterocycles. The summed E-state index contributed by atoms with van der Waals surface area (Å²) in [7, 11) is 0. The van der Waals surface area contributed by atoms with Crippen LogP contribution in [-0.2, 0) is 11.3 Å². The topological polar surface area (TPSA) is 78.4 Å². The van der Waals surface area contributed by atoms with Crippen molar-refractivity contribution in [2.75, 3.05) is 32.7 Å². The van der Waals surface area contributed by atoms with Crippen molar-refractivity contribution >= 4 is 11.8 Å². The van der Waals surface area contributed by atoms with E-state index in [4.69, 9.17) is 0 Å². The number of nitrogens with one attached hydrogen (secondary N) is 1. The normalized spacial score (nSPS) is 22.7. The molecule has 0 radical (unpaired) electrons. The average molecular weight is 406 g/mol. The second-order valence-electron chi connectivity index (χ2n) is 8.99. The van der Waals surface area contributed by atoms with E-state index in [9.17, 15) is 9.59 Å². The first kappa shape index (κ1) is 19.2. The summed E-state index contributed by atoms with van der Waals surface area (Å²) in [4.78, 5) is 38.1. The van der Waals surface area contributed by atoms with Crippen LogP contribution < -0.4 is 5.32 Å². The van der Waals surface area contributed by atoms with Crippen LogP contribution in [0.1, 0.15) is 29.0 Å². The molecule has 3 aliphatic rings. The molecule has 2 aliphatic heterocycles. The van der Waals surface area contributed by atoms with Gasteiger partial charge in [-0.1, -0.05) is 30.3 Å². The van der Waals surface area contributed by atoms with Gasteiger partial charge < -0.3 is 10.2 Å². The van der Waals surface area contributed by atoms with Crippen LogP contribution in [0.5, 0.6) is 0 Å². The van der Waals surface area contributed by atoms with Crippen molar-refractivity contribution < 1.29 is 9.59 Å². The number of rotatable bonds is 6. The van der Waals surface area contributed by atoms with E-state index in [1.54, 1.807) is 23.4 Å². The molecule has 1 aliphatic carbocycles. The van der Waals surface area contributed by atoms with Crippen molar-refractivity contribution in [1.82, 2.24) is 25.1 Å². The number of carbonyl (C=O) groups excluding carboxylic acids is 2. The molecule has 2 amide bonds. The van der Waals surface area contributed by atoms with E-state index >= 15 is 0 Å². The highest BCUT2D eigenvalue weighted by molar-refractivity contribution is 5.91. The summed E-state index contributed by atoms with van der Waals surface area (Å²) in [5, 5.41) is 3.18. The van der Waals surface area contributed by atoms with Gasteiger partial charge in [0.1, 0.15) is 0 Å². The van der Waals surface area contributed by atoms with Gasteiger partial charge in [-0.15, -0.1) is 0 Å². The zero-order valence-electron chi connectivity index (χ0n) is 17.0. The van der Waals surface area contributed by atoms with Gasteiger partial charge in [-0.05, 0) is 30.4 Å². The second kappa shape index (κ2) is 7.80. The first-order chi connectivity index (χ1) is 14.6. The summed E-state index contributed by atoms with van der Waals surface area (Å²) in [6, 6.07) is 12.1. The molecule has 3 fully saturated rings. The Morgan fingerprint density at radius 3 is 2.47 bits per heavy atom. The minimum Gasteiger partial charge on any atom is -0.356 e. The maximum Gasteiger partial charge on any atom is 0.291 e. The van der Waals surface area contributed by atoms with E-state index in [0.717, 1.165) is 26.2 Å². The third kappa shape index (κ3) is 3.81. The van der Waals surface area contributed by atoms with Gasteiger partial charge >= 0.3 is 0 Å². The summed E-state index contributed by atoms with van der Waals surface area (Å²) >= 11 is 0. The van der Waals surface area contributed by atoms with Gasteiger partial charge in [-0.25, -0.2) is 9.97 Å². The SMILES string of the molecule is O=C(NCC1CC1)C1CN(Cc2ccccc2)CC12CN(C(=O)c1ncccn1)C2. The second-order valence-corrected chi connectivity index (χ2v) is 8.99. The minimum absolute atomic E-state index is 0.0966. The van der Waals surface area contributed by atoms with Crippen LogP contribution in [0.4, 0.5) is 0 Å². The molecular formula is C23H27N5O2. The Balaban J connectivity index is 1.29. The molecule has 1 spiro atoms. The van der Waals surface area contributed by atoms with Crippen molar-refractivity contribution in [2.45, 2.75) is 19.4 Å². The van der Waals surface area contributed by atoms with Crippen molar-refractivity contribution in [3.05, 3.63) is 60.2 Å². The molecule has 1 N–H and O–H groups in total. The number of hydrogen-bond donors (Lipinski definition) is 1. The number of nitrogens with zero attached hydrogens (tertiary/aromatic N) is 4.